The average molecular weight is 329 g/mol. The summed E-state index contributed by atoms with van der Waals surface area (Å²) in [6.07, 6.45) is 24.3. The Morgan fingerprint density at radius 1 is 0.455 bits per heavy atom. The SMILES string of the molecule is CCCCCCCCC(P)(CCCC)CCCCCCCC. The molecule has 0 N–H and O–H groups in total. The van der Waals surface area contributed by atoms with Crippen molar-refractivity contribution in [2.45, 2.75) is 135 Å². The van der Waals surface area contributed by atoms with Crippen molar-refractivity contribution in [2.75, 3.05) is 0 Å². The summed E-state index contributed by atoms with van der Waals surface area (Å²) in [7, 11) is 3.28. The Labute approximate surface area is 144 Å². The van der Waals surface area contributed by atoms with Crippen LogP contribution in [0.25, 0.3) is 0 Å². The lowest BCUT2D eigenvalue weighted by molar-refractivity contribution is 0.409. The van der Waals surface area contributed by atoms with E-state index in [0.717, 1.165) is 0 Å². The molecule has 0 aromatic carbocycles. The summed E-state index contributed by atoms with van der Waals surface area (Å²) in [5.74, 6) is 0. The Balaban J connectivity index is 3.84. The van der Waals surface area contributed by atoms with Crippen molar-refractivity contribution >= 4 is 9.24 Å². The fourth-order valence-corrected chi connectivity index (χ4v) is 4.03. The van der Waals surface area contributed by atoms with Crippen LogP contribution in [0.4, 0.5) is 0 Å². The predicted octanol–water partition coefficient (Wildman–Crippen LogP) is 8.29. The first-order chi connectivity index (χ1) is 10.7. The van der Waals surface area contributed by atoms with E-state index in [1.54, 1.807) is 0 Å². The van der Waals surface area contributed by atoms with E-state index in [-0.39, 0.29) is 0 Å². The zero-order chi connectivity index (χ0) is 16.5. The molecule has 1 heteroatoms. The van der Waals surface area contributed by atoms with Gasteiger partial charge in [0.05, 0.1) is 0 Å². The van der Waals surface area contributed by atoms with E-state index in [0.29, 0.717) is 5.16 Å². The van der Waals surface area contributed by atoms with Crippen molar-refractivity contribution < 1.29 is 0 Å². The molecule has 0 saturated carbocycles. The van der Waals surface area contributed by atoms with E-state index in [9.17, 15) is 0 Å². The Hall–Kier alpha value is 0.430. The molecule has 0 amide bonds. The Morgan fingerprint density at radius 3 is 1.18 bits per heavy atom. The number of hydrogen-bond donors (Lipinski definition) is 0. The molecule has 0 radical (unpaired) electrons. The van der Waals surface area contributed by atoms with Gasteiger partial charge in [0.2, 0.25) is 0 Å². The Morgan fingerprint density at radius 2 is 0.773 bits per heavy atom. The topological polar surface area (TPSA) is 0 Å². The zero-order valence-corrected chi connectivity index (χ0v) is 17.3. The highest BCUT2D eigenvalue weighted by Crippen LogP contribution is 2.36. The third-order valence-electron chi connectivity index (χ3n) is 5.08. The molecule has 22 heavy (non-hydrogen) atoms. The van der Waals surface area contributed by atoms with E-state index in [1.165, 1.54) is 109 Å². The molecule has 1 atom stereocenters. The van der Waals surface area contributed by atoms with Crippen molar-refractivity contribution in [1.29, 1.82) is 0 Å². The predicted molar refractivity (Wildman–Crippen MR) is 108 cm³/mol. The fraction of sp³-hybridized carbons (Fsp3) is 1.00. The van der Waals surface area contributed by atoms with E-state index >= 15 is 0 Å². The van der Waals surface area contributed by atoms with Crippen molar-refractivity contribution in [3.63, 3.8) is 0 Å². The minimum Gasteiger partial charge on any atom is -0.131 e. The van der Waals surface area contributed by atoms with Gasteiger partial charge in [-0.15, -0.1) is 9.24 Å². The molecule has 0 bridgehead atoms. The quantitative estimate of drug-likeness (QED) is 0.186. The van der Waals surface area contributed by atoms with Crippen LogP contribution in [0.3, 0.4) is 0 Å². The third-order valence-corrected chi connectivity index (χ3v) is 5.95. The van der Waals surface area contributed by atoms with Crippen LogP contribution >= 0.6 is 9.24 Å². The van der Waals surface area contributed by atoms with Crippen LogP contribution in [0.2, 0.25) is 0 Å². The second-order valence-electron chi connectivity index (χ2n) is 7.50. The highest BCUT2D eigenvalue weighted by atomic mass is 31.0. The second-order valence-corrected chi connectivity index (χ2v) is 8.73. The molecular weight excluding hydrogens is 283 g/mol. The van der Waals surface area contributed by atoms with Gasteiger partial charge in [-0.25, -0.2) is 0 Å². The van der Waals surface area contributed by atoms with Crippen molar-refractivity contribution in [3.8, 4) is 0 Å². The van der Waals surface area contributed by atoms with E-state index < -0.39 is 0 Å². The molecule has 0 aliphatic carbocycles. The monoisotopic (exact) mass is 328 g/mol. The van der Waals surface area contributed by atoms with Crippen LogP contribution < -0.4 is 0 Å². The summed E-state index contributed by atoms with van der Waals surface area (Å²) in [6, 6.07) is 0. The van der Waals surface area contributed by atoms with Crippen LogP contribution in [-0.2, 0) is 0 Å². The molecule has 0 nitrogen and oxygen atoms in total. The van der Waals surface area contributed by atoms with E-state index in [2.05, 4.69) is 30.0 Å². The number of unbranched alkanes of at least 4 members (excludes halogenated alkanes) is 11. The molecule has 1 unspecified atom stereocenters. The van der Waals surface area contributed by atoms with E-state index in [1.807, 2.05) is 0 Å². The molecule has 0 rings (SSSR count). The van der Waals surface area contributed by atoms with E-state index in [4.69, 9.17) is 0 Å². The highest BCUT2D eigenvalue weighted by Gasteiger charge is 2.22. The minimum absolute atomic E-state index is 0.561. The summed E-state index contributed by atoms with van der Waals surface area (Å²) in [5, 5.41) is 0.561. The molecular formula is C21H45P. The van der Waals surface area contributed by atoms with Gasteiger partial charge in [-0.05, 0) is 24.4 Å². The lowest BCUT2D eigenvalue weighted by Gasteiger charge is -2.30. The second kappa shape index (κ2) is 16.3. The lowest BCUT2D eigenvalue weighted by atomic mass is 9.88. The summed E-state index contributed by atoms with van der Waals surface area (Å²) in [4.78, 5) is 0. The maximum atomic E-state index is 3.28. The summed E-state index contributed by atoms with van der Waals surface area (Å²) in [5.41, 5.74) is 0. The largest absolute Gasteiger partial charge is 0.131 e. The first-order valence-electron chi connectivity index (χ1n) is 10.5. The summed E-state index contributed by atoms with van der Waals surface area (Å²) < 4.78 is 0. The van der Waals surface area contributed by atoms with Gasteiger partial charge in [0.25, 0.3) is 0 Å². The normalized spacial score (nSPS) is 12.0. The molecule has 0 aliphatic heterocycles. The smallest absolute Gasteiger partial charge is 0.0150 e. The van der Waals surface area contributed by atoms with Crippen LogP contribution in [0.5, 0.6) is 0 Å². The Bertz CT molecular complexity index is 196. The fourth-order valence-electron chi connectivity index (χ4n) is 3.42. The van der Waals surface area contributed by atoms with Gasteiger partial charge in [-0.2, -0.15) is 0 Å². The maximum absolute atomic E-state index is 3.28. The first-order valence-corrected chi connectivity index (χ1v) is 11.0. The molecule has 0 spiro atoms. The lowest BCUT2D eigenvalue weighted by Crippen LogP contribution is -2.20. The van der Waals surface area contributed by atoms with Crippen molar-refractivity contribution in [3.05, 3.63) is 0 Å². The van der Waals surface area contributed by atoms with Gasteiger partial charge in [0.1, 0.15) is 0 Å². The molecule has 0 aromatic heterocycles. The van der Waals surface area contributed by atoms with Gasteiger partial charge >= 0.3 is 0 Å². The van der Waals surface area contributed by atoms with Gasteiger partial charge in [-0.1, -0.05) is 111 Å². The molecule has 134 valence electrons. The summed E-state index contributed by atoms with van der Waals surface area (Å²) in [6.45, 7) is 6.94. The van der Waals surface area contributed by atoms with Gasteiger partial charge in [0.15, 0.2) is 0 Å². The third kappa shape index (κ3) is 14.0. The first kappa shape index (κ1) is 22.4. The summed E-state index contributed by atoms with van der Waals surface area (Å²) >= 11 is 0. The molecule has 0 heterocycles. The Kier molecular flexibility index (Phi) is 16.6. The van der Waals surface area contributed by atoms with Crippen LogP contribution in [0.1, 0.15) is 130 Å². The zero-order valence-electron chi connectivity index (χ0n) is 16.1. The van der Waals surface area contributed by atoms with Gasteiger partial charge < -0.3 is 0 Å². The standard InChI is InChI=1S/C21H45P/c1-4-7-10-12-14-16-19-21(22,18-9-6-3)20-17-15-13-11-8-5-2/h4-20,22H2,1-3H3. The average Bonchev–Trinajstić information content (AvgIpc) is 2.52. The highest BCUT2D eigenvalue weighted by molar-refractivity contribution is 7.19. The molecule has 0 saturated heterocycles. The number of rotatable bonds is 17. The number of hydrogen-bond acceptors (Lipinski definition) is 0. The minimum atomic E-state index is 0.561. The van der Waals surface area contributed by atoms with Gasteiger partial charge in [0, 0.05) is 0 Å². The van der Waals surface area contributed by atoms with Crippen LogP contribution in [0, 0.1) is 0 Å². The molecule has 0 fully saturated rings. The molecule has 0 aliphatic rings. The van der Waals surface area contributed by atoms with Gasteiger partial charge in [-0.3, -0.25) is 0 Å². The molecule has 0 aromatic rings. The van der Waals surface area contributed by atoms with Crippen molar-refractivity contribution in [2.24, 2.45) is 0 Å². The maximum Gasteiger partial charge on any atom is -0.0150 e. The van der Waals surface area contributed by atoms with Crippen LogP contribution in [0.15, 0.2) is 0 Å². The van der Waals surface area contributed by atoms with Crippen molar-refractivity contribution in [1.82, 2.24) is 0 Å². The van der Waals surface area contributed by atoms with Crippen LogP contribution in [-0.4, -0.2) is 5.16 Å².